The zero-order valence-corrected chi connectivity index (χ0v) is 14.8. The number of nitrogens with one attached hydrogen (secondary N) is 2. The Morgan fingerprint density at radius 2 is 2.04 bits per heavy atom. The predicted molar refractivity (Wildman–Crippen MR) is 108 cm³/mol. The van der Waals surface area contributed by atoms with Crippen LogP contribution in [0.5, 0.6) is 0 Å². The number of benzene rings is 2. The number of carbonyl (C=O) groups is 1. The average molecular weight is 360 g/mol. The standard InChI is InChI=1S/C21H20N4O.CH4/c1-21(2)10-13-4-3-12(11-22)7-16(13)19(21)25-20(26)18-9-14-8-15(23)5-6-17(14)24-18;/h3-9,19,24H,10,23H2,1-2H3,(H,25,26);1H4/t19-;/m0./s1. The second kappa shape index (κ2) is 6.48. The molecule has 0 unspecified atom stereocenters. The Morgan fingerprint density at radius 1 is 1.26 bits per heavy atom. The first-order valence-corrected chi connectivity index (χ1v) is 8.59. The summed E-state index contributed by atoms with van der Waals surface area (Å²) < 4.78 is 0. The molecular weight excluding hydrogens is 336 g/mol. The van der Waals surface area contributed by atoms with Crippen molar-refractivity contribution < 1.29 is 4.79 Å². The second-order valence-corrected chi connectivity index (χ2v) is 7.63. The van der Waals surface area contributed by atoms with Gasteiger partial charge in [-0.2, -0.15) is 5.26 Å². The molecule has 0 spiro atoms. The van der Waals surface area contributed by atoms with E-state index in [9.17, 15) is 10.1 Å². The van der Waals surface area contributed by atoms with Crippen LogP contribution in [0.25, 0.3) is 10.9 Å². The first-order chi connectivity index (χ1) is 12.4. The molecule has 0 saturated carbocycles. The number of anilines is 1. The van der Waals surface area contributed by atoms with Crippen LogP contribution >= 0.6 is 0 Å². The Hall–Kier alpha value is -3.26. The van der Waals surface area contributed by atoms with Crippen LogP contribution in [-0.2, 0) is 6.42 Å². The molecule has 4 N–H and O–H groups in total. The number of nitrogens with zero attached hydrogens (tertiary/aromatic N) is 1. The van der Waals surface area contributed by atoms with Crippen LogP contribution in [0.4, 0.5) is 5.69 Å². The van der Waals surface area contributed by atoms with Crippen molar-refractivity contribution in [3.05, 3.63) is 64.8 Å². The van der Waals surface area contributed by atoms with E-state index in [4.69, 9.17) is 5.73 Å². The third kappa shape index (κ3) is 3.15. The van der Waals surface area contributed by atoms with E-state index >= 15 is 0 Å². The highest BCUT2D eigenvalue weighted by atomic mass is 16.2. The number of fused-ring (bicyclic) bond motifs is 2. The molecule has 138 valence electrons. The maximum Gasteiger partial charge on any atom is 0.268 e. The normalized spacial score (nSPS) is 17.0. The molecule has 1 amide bonds. The van der Waals surface area contributed by atoms with Gasteiger partial charge in [0.1, 0.15) is 5.69 Å². The van der Waals surface area contributed by atoms with Crippen molar-refractivity contribution in [2.75, 3.05) is 5.73 Å². The van der Waals surface area contributed by atoms with Crippen molar-refractivity contribution in [3.8, 4) is 6.07 Å². The van der Waals surface area contributed by atoms with Gasteiger partial charge in [0.05, 0.1) is 17.7 Å². The highest BCUT2D eigenvalue weighted by molar-refractivity contribution is 5.98. The van der Waals surface area contributed by atoms with Gasteiger partial charge in [-0.15, -0.1) is 0 Å². The van der Waals surface area contributed by atoms with Crippen molar-refractivity contribution in [1.82, 2.24) is 10.3 Å². The van der Waals surface area contributed by atoms with Crippen LogP contribution in [0.1, 0.15) is 54.5 Å². The number of nitrogen functional groups attached to an aromatic ring is 1. The molecule has 1 atom stereocenters. The molecule has 1 aromatic heterocycles. The van der Waals surface area contributed by atoms with E-state index in [1.54, 1.807) is 6.07 Å². The van der Waals surface area contributed by atoms with Crippen molar-refractivity contribution in [1.29, 1.82) is 5.26 Å². The van der Waals surface area contributed by atoms with Gasteiger partial charge in [0.15, 0.2) is 0 Å². The number of amides is 1. The summed E-state index contributed by atoms with van der Waals surface area (Å²) in [6.07, 6.45) is 0.863. The van der Waals surface area contributed by atoms with E-state index in [0.29, 0.717) is 16.9 Å². The fourth-order valence-electron chi connectivity index (χ4n) is 3.86. The van der Waals surface area contributed by atoms with E-state index in [1.165, 1.54) is 5.56 Å². The zero-order chi connectivity index (χ0) is 18.5. The van der Waals surface area contributed by atoms with E-state index < -0.39 is 0 Å². The summed E-state index contributed by atoms with van der Waals surface area (Å²) in [4.78, 5) is 16.0. The number of aromatic nitrogens is 1. The Labute approximate surface area is 159 Å². The van der Waals surface area contributed by atoms with E-state index in [0.717, 1.165) is 22.9 Å². The van der Waals surface area contributed by atoms with Crippen LogP contribution in [0.15, 0.2) is 42.5 Å². The number of hydrogen-bond acceptors (Lipinski definition) is 3. The van der Waals surface area contributed by atoms with Gasteiger partial charge in [0.25, 0.3) is 5.91 Å². The Balaban J connectivity index is 0.00000210. The summed E-state index contributed by atoms with van der Waals surface area (Å²) in [5, 5.41) is 13.3. The number of aromatic amines is 1. The van der Waals surface area contributed by atoms with Crippen LogP contribution in [0, 0.1) is 16.7 Å². The molecule has 0 radical (unpaired) electrons. The minimum absolute atomic E-state index is 0. The van der Waals surface area contributed by atoms with Crippen LogP contribution in [-0.4, -0.2) is 10.9 Å². The summed E-state index contributed by atoms with van der Waals surface area (Å²) in [5.74, 6) is -0.159. The summed E-state index contributed by atoms with van der Waals surface area (Å²) in [7, 11) is 0. The van der Waals surface area contributed by atoms with Gasteiger partial charge in [-0.05, 0) is 59.4 Å². The van der Waals surface area contributed by atoms with Gasteiger partial charge in [-0.25, -0.2) is 0 Å². The second-order valence-electron chi connectivity index (χ2n) is 7.63. The average Bonchev–Trinajstić information content (AvgIpc) is 3.12. The lowest BCUT2D eigenvalue weighted by atomic mass is 9.85. The molecule has 1 aliphatic rings. The van der Waals surface area contributed by atoms with Gasteiger partial charge in [0.2, 0.25) is 0 Å². The van der Waals surface area contributed by atoms with Gasteiger partial charge < -0.3 is 16.0 Å². The maximum absolute atomic E-state index is 12.9. The number of rotatable bonds is 2. The molecule has 5 nitrogen and oxygen atoms in total. The predicted octanol–water partition coefficient (Wildman–Crippen LogP) is 4.31. The van der Waals surface area contributed by atoms with Gasteiger partial charge >= 0.3 is 0 Å². The highest BCUT2D eigenvalue weighted by Crippen LogP contribution is 2.45. The topological polar surface area (TPSA) is 94.7 Å². The lowest BCUT2D eigenvalue weighted by molar-refractivity contribution is 0.0899. The number of nitrogens with two attached hydrogens (primary N) is 1. The molecule has 0 fully saturated rings. The largest absolute Gasteiger partial charge is 0.399 e. The lowest BCUT2D eigenvalue weighted by Gasteiger charge is -2.28. The third-order valence-electron chi connectivity index (χ3n) is 5.18. The van der Waals surface area contributed by atoms with Crippen molar-refractivity contribution in [2.24, 2.45) is 5.41 Å². The summed E-state index contributed by atoms with van der Waals surface area (Å²) >= 11 is 0. The fourth-order valence-corrected chi connectivity index (χ4v) is 3.86. The van der Waals surface area contributed by atoms with Crippen LogP contribution in [0.3, 0.4) is 0 Å². The van der Waals surface area contributed by atoms with E-state index in [-0.39, 0.29) is 24.8 Å². The molecule has 0 saturated heterocycles. The third-order valence-corrected chi connectivity index (χ3v) is 5.18. The van der Waals surface area contributed by atoms with Gasteiger partial charge in [-0.1, -0.05) is 27.3 Å². The summed E-state index contributed by atoms with van der Waals surface area (Å²) in [6.45, 7) is 4.27. The molecule has 1 heterocycles. The molecular formula is C22H24N4O. The highest BCUT2D eigenvalue weighted by Gasteiger charge is 2.40. The number of H-pyrrole nitrogens is 1. The summed E-state index contributed by atoms with van der Waals surface area (Å²) in [5.41, 5.74) is 10.6. The number of nitriles is 1. The van der Waals surface area contributed by atoms with Crippen LogP contribution in [0.2, 0.25) is 0 Å². The fraction of sp³-hybridized carbons (Fsp3) is 0.273. The smallest absolute Gasteiger partial charge is 0.268 e. The Morgan fingerprint density at radius 3 is 2.78 bits per heavy atom. The zero-order valence-electron chi connectivity index (χ0n) is 14.8. The van der Waals surface area contributed by atoms with Gasteiger partial charge in [0, 0.05) is 16.6 Å². The molecule has 2 aromatic carbocycles. The van der Waals surface area contributed by atoms with E-state index in [2.05, 4.69) is 30.2 Å². The minimum atomic E-state index is -0.159. The summed E-state index contributed by atoms with van der Waals surface area (Å²) in [6, 6.07) is 15.1. The van der Waals surface area contributed by atoms with Gasteiger partial charge in [-0.3, -0.25) is 4.79 Å². The van der Waals surface area contributed by atoms with Crippen molar-refractivity contribution in [3.63, 3.8) is 0 Å². The lowest BCUT2D eigenvalue weighted by Crippen LogP contribution is -2.35. The monoisotopic (exact) mass is 360 g/mol. The van der Waals surface area contributed by atoms with E-state index in [1.807, 2.05) is 36.4 Å². The van der Waals surface area contributed by atoms with Crippen molar-refractivity contribution in [2.45, 2.75) is 33.7 Å². The molecule has 1 aliphatic carbocycles. The molecule has 0 bridgehead atoms. The number of hydrogen-bond donors (Lipinski definition) is 3. The minimum Gasteiger partial charge on any atom is -0.399 e. The molecule has 0 aliphatic heterocycles. The Kier molecular flexibility index (Phi) is 4.44. The first kappa shape index (κ1) is 18.5. The first-order valence-electron chi connectivity index (χ1n) is 8.59. The molecule has 3 aromatic rings. The SMILES string of the molecule is C.CC1(C)Cc2ccc(C#N)cc2[C@@H]1NC(=O)c1cc2cc(N)ccc2[nH]1. The maximum atomic E-state index is 12.9. The molecule has 4 rings (SSSR count). The number of carbonyl (C=O) groups excluding carboxylic acids is 1. The molecule has 5 heteroatoms. The Bertz CT molecular complexity index is 1070. The van der Waals surface area contributed by atoms with Crippen LogP contribution < -0.4 is 11.1 Å². The molecule has 27 heavy (non-hydrogen) atoms. The quantitative estimate of drug-likeness (QED) is 0.594. The van der Waals surface area contributed by atoms with Crippen molar-refractivity contribution >= 4 is 22.5 Å².